The summed E-state index contributed by atoms with van der Waals surface area (Å²) in [6.07, 6.45) is 0.798. The average molecular weight is 246 g/mol. The summed E-state index contributed by atoms with van der Waals surface area (Å²) in [4.78, 5) is 11.7. The molecule has 1 rings (SSSR count). The van der Waals surface area contributed by atoms with Gasteiger partial charge in [0.1, 0.15) is 5.54 Å². The highest BCUT2D eigenvalue weighted by atomic mass is 32.2. The van der Waals surface area contributed by atoms with E-state index in [1.165, 1.54) is 0 Å². The van der Waals surface area contributed by atoms with Crippen molar-refractivity contribution in [2.45, 2.75) is 25.8 Å². The van der Waals surface area contributed by atoms with Crippen molar-refractivity contribution >= 4 is 17.7 Å². The molecule has 1 aliphatic heterocycles. The van der Waals surface area contributed by atoms with Gasteiger partial charge in [-0.05, 0) is 17.6 Å². The third-order valence-electron chi connectivity index (χ3n) is 2.86. The fourth-order valence-electron chi connectivity index (χ4n) is 2.17. The van der Waals surface area contributed by atoms with Gasteiger partial charge in [-0.15, -0.1) is 0 Å². The topological polar surface area (TPSA) is 64.3 Å². The normalized spacial score (nSPS) is 28.9. The zero-order valence-electron chi connectivity index (χ0n) is 10.3. The lowest BCUT2D eigenvalue weighted by atomic mass is 9.79. The van der Waals surface area contributed by atoms with Crippen molar-refractivity contribution in [3.8, 4) is 0 Å². The average Bonchev–Trinajstić information content (AvgIpc) is 2.16. The van der Waals surface area contributed by atoms with Crippen LogP contribution in [0.15, 0.2) is 0 Å². The van der Waals surface area contributed by atoms with E-state index in [0.29, 0.717) is 13.2 Å². The molecule has 0 aromatic heterocycles. The molecule has 1 fully saturated rings. The number of hydrogen-bond donors (Lipinski definition) is 2. The summed E-state index contributed by atoms with van der Waals surface area (Å²) in [5, 5.41) is 3.27. The molecule has 0 bridgehead atoms. The number of rotatable bonds is 5. The van der Waals surface area contributed by atoms with E-state index in [2.05, 4.69) is 19.2 Å². The quantitative estimate of drug-likeness (QED) is 0.698. The zero-order chi connectivity index (χ0) is 12.2. The fraction of sp³-hybridized carbons (Fsp3) is 0.909. The van der Waals surface area contributed by atoms with Crippen LogP contribution in [0.1, 0.15) is 20.3 Å². The van der Waals surface area contributed by atoms with Crippen LogP contribution in [0.25, 0.3) is 0 Å². The third-order valence-corrected chi connectivity index (χ3v) is 4.55. The molecule has 0 aromatic rings. The molecule has 1 unspecified atom stereocenters. The monoisotopic (exact) mass is 246 g/mol. The second kappa shape index (κ2) is 5.38. The molecule has 1 heterocycles. The highest BCUT2D eigenvalue weighted by Crippen LogP contribution is 2.38. The first-order valence-electron chi connectivity index (χ1n) is 5.53. The smallest absolute Gasteiger partial charge is 0.238 e. The number of ether oxygens (including phenoxy) is 1. The van der Waals surface area contributed by atoms with Crippen LogP contribution in [0.4, 0.5) is 0 Å². The maximum atomic E-state index is 11.7. The second-order valence-electron chi connectivity index (χ2n) is 5.20. The van der Waals surface area contributed by atoms with Crippen LogP contribution >= 0.6 is 11.8 Å². The summed E-state index contributed by atoms with van der Waals surface area (Å²) in [6, 6.07) is 0. The number of nitrogens with one attached hydrogen (secondary N) is 1. The fourth-order valence-corrected chi connectivity index (χ4v) is 3.62. The molecule has 1 saturated heterocycles. The first-order valence-corrected chi connectivity index (χ1v) is 6.69. The molecule has 5 heteroatoms. The highest BCUT2D eigenvalue weighted by Gasteiger charge is 2.44. The number of carbonyl (C=O) groups excluding carboxylic acids is 1. The molecular weight excluding hydrogens is 224 g/mol. The Morgan fingerprint density at radius 2 is 2.19 bits per heavy atom. The maximum absolute atomic E-state index is 11.7. The number of hydrogen-bond acceptors (Lipinski definition) is 4. The minimum atomic E-state index is -0.565. The largest absolute Gasteiger partial charge is 0.383 e. The molecule has 0 aliphatic carbocycles. The van der Waals surface area contributed by atoms with Crippen LogP contribution < -0.4 is 11.1 Å². The van der Waals surface area contributed by atoms with E-state index in [4.69, 9.17) is 10.5 Å². The van der Waals surface area contributed by atoms with Crippen molar-refractivity contribution in [1.82, 2.24) is 5.32 Å². The van der Waals surface area contributed by atoms with Gasteiger partial charge in [-0.2, -0.15) is 11.8 Å². The van der Waals surface area contributed by atoms with Crippen molar-refractivity contribution in [3.63, 3.8) is 0 Å². The van der Waals surface area contributed by atoms with Gasteiger partial charge in [-0.1, -0.05) is 13.8 Å². The lowest BCUT2D eigenvalue weighted by Gasteiger charge is -2.43. The Bertz CT molecular complexity index is 258. The van der Waals surface area contributed by atoms with Crippen molar-refractivity contribution < 1.29 is 9.53 Å². The van der Waals surface area contributed by atoms with Gasteiger partial charge in [0.25, 0.3) is 0 Å². The first-order chi connectivity index (χ1) is 7.42. The summed E-state index contributed by atoms with van der Waals surface area (Å²) in [7, 11) is 1.65. The predicted octanol–water partition coefficient (Wildman–Crippen LogP) is 0.610. The van der Waals surface area contributed by atoms with Crippen molar-refractivity contribution in [2.24, 2.45) is 11.1 Å². The van der Waals surface area contributed by atoms with Crippen LogP contribution in [0, 0.1) is 5.41 Å². The summed E-state index contributed by atoms with van der Waals surface area (Å²) < 4.78 is 4.99. The van der Waals surface area contributed by atoms with E-state index in [-0.39, 0.29) is 11.3 Å². The lowest BCUT2D eigenvalue weighted by molar-refractivity contribution is -0.125. The maximum Gasteiger partial charge on any atom is 0.238 e. The van der Waals surface area contributed by atoms with Gasteiger partial charge in [0, 0.05) is 19.4 Å². The minimum absolute atomic E-state index is 0.151. The number of primary amides is 1. The van der Waals surface area contributed by atoms with Gasteiger partial charge >= 0.3 is 0 Å². The van der Waals surface area contributed by atoms with Crippen molar-refractivity contribution in [3.05, 3.63) is 0 Å². The highest BCUT2D eigenvalue weighted by molar-refractivity contribution is 7.99. The van der Waals surface area contributed by atoms with E-state index in [1.807, 2.05) is 0 Å². The Kier molecular flexibility index (Phi) is 4.64. The Balaban J connectivity index is 2.68. The zero-order valence-corrected chi connectivity index (χ0v) is 11.2. The molecule has 1 aliphatic rings. The van der Waals surface area contributed by atoms with Gasteiger partial charge < -0.3 is 15.8 Å². The molecule has 1 atom stereocenters. The van der Waals surface area contributed by atoms with Gasteiger partial charge in [-0.25, -0.2) is 0 Å². The Hall–Kier alpha value is -0.260. The lowest BCUT2D eigenvalue weighted by Crippen LogP contribution is -2.62. The second-order valence-corrected chi connectivity index (χ2v) is 6.19. The van der Waals surface area contributed by atoms with Crippen LogP contribution in [-0.2, 0) is 9.53 Å². The summed E-state index contributed by atoms with van der Waals surface area (Å²) >= 11 is 1.79. The van der Waals surface area contributed by atoms with Crippen molar-refractivity contribution in [1.29, 1.82) is 0 Å². The number of thioether (sulfide) groups is 1. The van der Waals surface area contributed by atoms with Crippen LogP contribution in [0.2, 0.25) is 0 Å². The minimum Gasteiger partial charge on any atom is -0.383 e. The number of methoxy groups -OCH3 is 1. The van der Waals surface area contributed by atoms with Crippen LogP contribution in [0.5, 0.6) is 0 Å². The van der Waals surface area contributed by atoms with Gasteiger partial charge in [0.05, 0.1) is 6.61 Å². The molecule has 0 radical (unpaired) electrons. The van der Waals surface area contributed by atoms with Gasteiger partial charge in [-0.3, -0.25) is 4.79 Å². The molecule has 3 N–H and O–H groups in total. The molecule has 4 nitrogen and oxygen atoms in total. The number of nitrogens with two attached hydrogens (primary N) is 1. The van der Waals surface area contributed by atoms with Crippen LogP contribution in [0.3, 0.4) is 0 Å². The molecule has 0 spiro atoms. The van der Waals surface area contributed by atoms with E-state index in [0.717, 1.165) is 17.9 Å². The molecule has 16 heavy (non-hydrogen) atoms. The number of amides is 1. The van der Waals surface area contributed by atoms with Gasteiger partial charge in [0.15, 0.2) is 0 Å². The molecule has 0 aromatic carbocycles. The van der Waals surface area contributed by atoms with E-state index < -0.39 is 5.54 Å². The number of carbonyl (C=O) groups is 1. The predicted molar refractivity (Wildman–Crippen MR) is 67.5 cm³/mol. The summed E-state index contributed by atoms with van der Waals surface area (Å²) in [6.45, 7) is 5.61. The van der Waals surface area contributed by atoms with Crippen molar-refractivity contribution in [2.75, 3.05) is 31.8 Å². The van der Waals surface area contributed by atoms with Crippen LogP contribution in [-0.4, -0.2) is 43.2 Å². The summed E-state index contributed by atoms with van der Waals surface area (Å²) in [5.74, 6) is 1.59. The van der Waals surface area contributed by atoms with Gasteiger partial charge in [0.2, 0.25) is 5.91 Å². The molecule has 1 amide bonds. The molecular formula is C11H22N2O2S. The third kappa shape index (κ3) is 3.37. The standard InChI is InChI=1S/C11H22N2O2S/c1-10(2)6-11(9(12)14,8-16-7-10)13-4-5-15-3/h13H,4-8H2,1-3H3,(H2,12,14). The molecule has 0 saturated carbocycles. The Labute approximate surface area is 102 Å². The van der Waals surface area contributed by atoms with E-state index in [1.54, 1.807) is 18.9 Å². The molecule has 94 valence electrons. The SMILES string of the molecule is COCCNC1(C(N)=O)CSCC(C)(C)C1. The summed E-state index contributed by atoms with van der Waals surface area (Å²) in [5.41, 5.74) is 5.14. The van der Waals surface area contributed by atoms with E-state index >= 15 is 0 Å². The van der Waals surface area contributed by atoms with E-state index in [9.17, 15) is 4.79 Å². The Morgan fingerprint density at radius 1 is 1.50 bits per heavy atom. The Morgan fingerprint density at radius 3 is 2.69 bits per heavy atom. The first kappa shape index (κ1) is 13.8.